The molecule has 0 fully saturated rings. The zero-order chi connectivity index (χ0) is 11.5. The summed E-state index contributed by atoms with van der Waals surface area (Å²) >= 11 is 10.4. The van der Waals surface area contributed by atoms with Crippen LogP contribution in [-0.2, 0) is 6.54 Å². The van der Waals surface area contributed by atoms with Crippen molar-refractivity contribution < 1.29 is 4.39 Å². The Balaban J connectivity index is 2.04. The molecule has 1 aromatic carbocycles. The smallest absolute Gasteiger partial charge is 0.183 e. The highest BCUT2D eigenvalue weighted by molar-refractivity contribution is 9.10. The van der Waals surface area contributed by atoms with E-state index in [0.717, 1.165) is 10.6 Å². The van der Waals surface area contributed by atoms with Crippen LogP contribution < -0.4 is 5.32 Å². The Morgan fingerprint density at radius 1 is 1.50 bits per heavy atom. The molecule has 0 spiro atoms. The quantitative estimate of drug-likeness (QED) is 0.911. The van der Waals surface area contributed by atoms with Gasteiger partial charge in [-0.15, -0.1) is 11.3 Å². The average Bonchev–Trinajstić information content (AvgIpc) is 2.63. The molecule has 16 heavy (non-hydrogen) atoms. The van der Waals surface area contributed by atoms with Gasteiger partial charge in [0.15, 0.2) is 4.47 Å². The molecule has 1 heterocycles. The van der Waals surface area contributed by atoms with Gasteiger partial charge in [-0.05, 0) is 34.1 Å². The number of hydrogen-bond acceptors (Lipinski definition) is 3. The van der Waals surface area contributed by atoms with Crippen molar-refractivity contribution in [3.8, 4) is 0 Å². The monoisotopic (exact) mass is 320 g/mol. The van der Waals surface area contributed by atoms with Gasteiger partial charge >= 0.3 is 0 Å². The van der Waals surface area contributed by atoms with Crippen LogP contribution in [0, 0.1) is 5.82 Å². The third kappa shape index (κ3) is 2.93. The molecule has 6 heteroatoms. The van der Waals surface area contributed by atoms with Gasteiger partial charge in [-0.3, -0.25) is 0 Å². The van der Waals surface area contributed by atoms with E-state index in [2.05, 4.69) is 26.2 Å². The molecule has 0 radical (unpaired) electrons. The van der Waals surface area contributed by atoms with Crippen molar-refractivity contribution >= 4 is 44.6 Å². The first-order valence-electron chi connectivity index (χ1n) is 4.44. The van der Waals surface area contributed by atoms with Crippen molar-refractivity contribution in [2.24, 2.45) is 0 Å². The second-order valence-corrected chi connectivity index (χ2v) is 5.61. The molecule has 1 N–H and O–H groups in total. The molecule has 0 aliphatic carbocycles. The molecule has 2 nitrogen and oxygen atoms in total. The van der Waals surface area contributed by atoms with Gasteiger partial charge in [0.25, 0.3) is 0 Å². The fourth-order valence-corrected chi connectivity index (χ4v) is 2.59. The van der Waals surface area contributed by atoms with E-state index < -0.39 is 0 Å². The predicted molar refractivity (Wildman–Crippen MR) is 68.6 cm³/mol. The molecular weight excluding hydrogens is 315 g/mol. The van der Waals surface area contributed by atoms with E-state index in [-0.39, 0.29) is 5.82 Å². The van der Waals surface area contributed by atoms with E-state index in [1.54, 1.807) is 12.3 Å². The van der Waals surface area contributed by atoms with Crippen LogP contribution in [0.5, 0.6) is 0 Å². The fraction of sp³-hybridized carbons (Fsp3) is 0.100. The SMILES string of the molecule is Fc1ccc(NCc2cnc(Cl)s2)c(Br)c1. The zero-order valence-electron chi connectivity index (χ0n) is 8.01. The third-order valence-corrected chi connectivity index (χ3v) is 3.68. The van der Waals surface area contributed by atoms with E-state index in [1.165, 1.54) is 23.5 Å². The van der Waals surface area contributed by atoms with Gasteiger partial charge < -0.3 is 5.32 Å². The topological polar surface area (TPSA) is 24.9 Å². The second-order valence-electron chi connectivity index (χ2n) is 3.06. The Bertz CT molecular complexity index is 503. The summed E-state index contributed by atoms with van der Waals surface area (Å²) < 4.78 is 14.1. The summed E-state index contributed by atoms with van der Waals surface area (Å²) in [5.74, 6) is -0.266. The summed E-state index contributed by atoms with van der Waals surface area (Å²) in [6, 6.07) is 4.51. The van der Waals surface area contributed by atoms with E-state index in [4.69, 9.17) is 11.6 Å². The summed E-state index contributed by atoms with van der Waals surface area (Å²) in [6.45, 7) is 0.620. The molecule has 0 saturated carbocycles. The summed E-state index contributed by atoms with van der Waals surface area (Å²) in [4.78, 5) is 4.97. The highest BCUT2D eigenvalue weighted by Gasteiger charge is 2.03. The van der Waals surface area contributed by atoms with Crippen LogP contribution >= 0.6 is 38.9 Å². The fourth-order valence-electron chi connectivity index (χ4n) is 1.18. The minimum atomic E-state index is -0.266. The number of hydrogen-bond donors (Lipinski definition) is 1. The Morgan fingerprint density at radius 3 is 2.94 bits per heavy atom. The number of nitrogens with one attached hydrogen (secondary N) is 1. The number of nitrogens with zero attached hydrogens (tertiary/aromatic N) is 1. The largest absolute Gasteiger partial charge is 0.379 e. The summed E-state index contributed by atoms with van der Waals surface area (Å²) in [6.07, 6.45) is 1.72. The lowest BCUT2D eigenvalue weighted by Crippen LogP contribution is -1.98. The van der Waals surface area contributed by atoms with Crippen LogP contribution in [0.4, 0.5) is 10.1 Å². The molecule has 0 bridgehead atoms. The van der Waals surface area contributed by atoms with Crippen molar-refractivity contribution in [2.75, 3.05) is 5.32 Å². The van der Waals surface area contributed by atoms with Crippen molar-refractivity contribution in [3.63, 3.8) is 0 Å². The molecule has 2 rings (SSSR count). The Labute approximate surface area is 110 Å². The van der Waals surface area contributed by atoms with Crippen LogP contribution in [0.2, 0.25) is 4.47 Å². The van der Waals surface area contributed by atoms with Crippen LogP contribution in [0.25, 0.3) is 0 Å². The van der Waals surface area contributed by atoms with Crippen molar-refractivity contribution in [1.82, 2.24) is 4.98 Å². The van der Waals surface area contributed by atoms with E-state index in [0.29, 0.717) is 15.5 Å². The summed E-state index contributed by atoms with van der Waals surface area (Å²) in [7, 11) is 0. The lowest BCUT2D eigenvalue weighted by atomic mass is 10.3. The lowest BCUT2D eigenvalue weighted by molar-refractivity contribution is 0.627. The normalized spacial score (nSPS) is 10.4. The maximum atomic E-state index is 12.8. The third-order valence-electron chi connectivity index (χ3n) is 1.91. The Kier molecular flexibility index (Phi) is 3.78. The molecule has 84 valence electrons. The predicted octanol–water partition coefficient (Wildman–Crippen LogP) is 4.31. The van der Waals surface area contributed by atoms with Gasteiger partial charge in [0.2, 0.25) is 0 Å². The first kappa shape index (κ1) is 11.8. The molecule has 0 unspecified atom stereocenters. The minimum absolute atomic E-state index is 0.266. The highest BCUT2D eigenvalue weighted by atomic mass is 79.9. The molecule has 0 atom stereocenters. The molecular formula is C10H7BrClFN2S. The van der Waals surface area contributed by atoms with Crippen molar-refractivity contribution in [3.05, 3.63) is 44.0 Å². The van der Waals surface area contributed by atoms with Crippen molar-refractivity contribution in [1.29, 1.82) is 0 Å². The van der Waals surface area contributed by atoms with Gasteiger partial charge in [-0.25, -0.2) is 9.37 Å². The van der Waals surface area contributed by atoms with Crippen molar-refractivity contribution in [2.45, 2.75) is 6.54 Å². The average molecular weight is 322 g/mol. The molecule has 0 aliphatic heterocycles. The van der Waals surface area contributed by atoms with Gasteiger partial charge in [0, 0.05) is 21.2 Å². The van der Waals surface area contributed by atoms with Gasteiger partial charge in [0.05, 0.1) is 6.54 Å². The second kappa shape index (κ2) is 5.12. The minimum Gasteiger partial charge on any atom is -0.379 e. The maximum absolute atomic E-state index is 12.8. The van der Waals surface area contributed by atoms with E-state index in [9.17, 15) is 4.39 Å². The van der Waals surface area contributed by atoms with Crippen LogP contribution in [0.15, 0.2) is 28.9 Å². The molecule has 0 aliphatic rings. The number of benzene rings is 1. The number of halogens is 3. The van der Waals surface area contributed by atoms with E-state index >= 15 is 0 Å². The number of rotatable bonds is 3. The van der Waals surface area contributed by atoms with Crippen LogP contribution in [0.3, 0.4) is 0 Å². The molecule has 0 amide bonds. The van der Waals surface area contributed by atoms with Crippen LogP contribution in [0.1, 0.15) is 4.88 Å². The Hall–Kier alpha value is -0.650. The lowest BCUT2D eigenvalue weighted by Gasteiger charge is -2.06. The first-order chi connectivity index (χ1) is 7.65. The van der Waals surface area contributed by atoms with Crippen LogP contribution in [-0.4, -0.2) is 4.98 Å². The number of thiazole rings is 1. The summed E-state index contributed by atoms with van der Waals surface area (Å²) in [5.41, 5.74) is 0.839. The first-order valence-corrected chi connectivity index (χ1v) is 6.43. The van der Waals surface area contributed by atoms with Gasteiger partial charge in [-0.2, -0.15) is 0 Å². The molecule has 1 aromatic heterocycles. The van der Waals surface area contributed by atoms with Gasteiger partial charge in [0.1, 0.15) is 5.82 Å². The molecule has 2 aromatic rings. The summed E-state index contributed by atoms with van der Waals surface area (Å²) in [5, 5.41) is 3.17. The Morgan fingerprint density at radius 2 is 2.31 bits per heavy atom. The van der Waals surface area contributed by atoms with E-state index in [1.807, 2.05) is 0 Å². The number of anilines is 1. The standard InChI is InChI=1S/C10H7BrClFN2S/c11-8-3-6(13)1-2-9(8)14-4-7-5-15-10(12)16-7/h1-3,5,14H,4H2. The highest BCUT2D eigenvalue weighted by Crippen LogP contribution is 2.25. The van der Waals surface area contributed by atoms with Gasteiger partial charge in [-0.1, -0.05) is 11.6 Å². The zero-order valence-corrected chi connectivity index (χ0v) is 11.2. The maximum Gasteiger partial charge on any atom is 0.183 e. The molecule has 0 saturated heterocycles. The number of aromatic nitrogens is 1.